The lowest BCUT2D eigenvalue weighted by atomic mass is 9.97. The Kier molecular flexibility index (Phi) is 6.27. The van der Waals surface area contributed by atoms with Crippen LogP contribution >= 0.6 is 0 Å². The van der Waals surface area contributed by atoms with Crippen LogP contribution in [0.3, 0.4) is 0 Å². The number of ether oxygens (including phenoxy) is 1. The van der Waals surface area contributed by atoms with E-state index in [1.54, 1.807) is 17.0 Å². The van der Waals surface area contributed by atoms with Crippen LogP contribution in [0.2, 0.25) is 0 Å². The van der Waals surface area contributed by atoms with E-state index < -0.39 is 12.1 Å². The Bertz CT molecular complexity index is 594. The van der Waals surface area contributed by atoms with Crippen molar-refractivity contribution in [3.05, 3.63) is 29.8 Å². The van der Waals surface area contributed by atoms with Gasteiger partial charge in [0, 0.05) is 19.6 Å². The van der Waals surface area contributed by atoms with Gasteiger partial charge >= 0.3 is 12.1 Å². The van der Waals surface area contributed by atoms with E-state index in [2.05, 4.69) is 0 Å². The fraction of sp³-hybridized carbons (Fsp3) is 0.529. The van der Waals surface area contributed by atoms with Gasteiger partial charge in [-0.3, -0.25) is 9.59 Å². The summed E-state index contributed by atoms with van der Waals surface area (Å²) in [6.45, 7) is 2.75. The molecule has 1 aromatic rings. The molecule has 0 spiro atoms. The van der Waals surface area contributed by atoms with Crippen LogP contribution in [0.1, 0.15) is 18.4 Å². The van der Waals surface area contributed by atoms with Gasteiger partial charge < -0.3 is 15.0 Å². The quantitative estimate of drug-likeness (QED) is 0.879. The number of nitrogens with one attached hydrogen (secondary N) is 1. The van der Waals surface area contributed by atoms with Crippen LogP contribution < -0.4 is 10.1 Å². The van der Waals surface area contributed by atoms with Crippen LogP contribution in [-0.4, -0.2) is 49.1 Å². The Morgan fingerprint density at radius 2 is 1.80 bits per heavy atom. The fourth-order valence-corrected chi connectivity index (χ4v) is 2.59. The number of carbonyl (C=O) groups excluding carboxylic acids is 2. The number of alkyl halides is 3. The maximum atomic E-state index is 12.1. The molecule has 2 amide bonds. The molecular weight excluding hydrogens is 337 g/mol. The van der Waals surface area contributed by atoms with Gasteiger partial charge in [-0.25, -0.2) is 0 Å². The molecule has 1 aliphatic rings. The number of halogens is 3. The Hall–Kier alpha value is -2.25. The second kappa shape index (κ2) is 8.22. The number of likely N-dealkylation sites (tertiary alicyclic amines) is 1. The van der Waals surface area contributed by atoms with E-state index >= 15 is 0 Å². The summed E-state index contributed by atoms with van der Waals surface area (Å²) in [5.41, 5.74) is 1.10. The summed E-state index contributed by atoms with van der Waals surface area (Å²) in [7, 11) is 0. The average molecular weight is 358 g/mol. The van der Waals surface area contributed by atoms with Crippen molar-refractivity contribution in [1.82, 2.24) is 10.2 Å². The molecule has 1 N–H and O–H groups in total. The largest absolute Gasteiger partial charge is 0.484 e. The normalized spacial score (nSPS) is 15.8. The highest BCUT2D eigenvalue weighted by molar-refractivity contribution is 5.81. The molecule has 1 fully saturated rings. The van der Waals surface area contributed by atoms with Crippen LogP contribution in [0.15, 0.2) is 24.3 Å². The van der Waals surface area contributed by atoms with Crippen molar-refractivity contribution < 1.29 is 27.5 Å². The highest BCUT2D eigenvalue weighted by Gasteiger charge is 2.38. The van der Waals surface area contributed by atoms with Gasteiger partial charge in [-0.05, 0) is 37.8 Å². The monoisotopic (exact) mass is 358 g/mol. The SMILES string of the molecule is Cc1ccc(OCC(=O)N2CCC(CNC(=O)C(F)(F)F)CC2)cc1. The van der Waals surface area contributed by atoms with Crippen LogP contribution in [-0.2, 0) is 9.59 Å². The van der Waals surface area contributed by atoms with Crippen LogP contribution in [0.5, 0.6) is 5.75 Å². The van der Waals surface area contributed by atoms with Gasteiger partial charge in [0.25, 0.3) is 5.91 Å². The topological polar surface area (TPSA) is 58.6 Å². The van der Waals surface area contributed by atoms with Crippen molar-refractivity contribution in [2.45, 2.75) is 25.9 Å². The van der Waals surface area contributed by atoms with Gasteiger partial charge in [-0.1, -0.05) is 17.7 Å². The molecule has 0 bridgehead atoms. The predicted molar refractivity (Wildman–Crippen MR) is 85.0 cm³/mol. The molecule has 138 valence electrons. The van der Waals surface area contributed by atoms with Crippen molar-refractivity contribution >= 4 is 11.8 Å². The lowest BCUT2D eigenvalue weighted by molar-refractivity contribution is -0.173. The molecule has 0 atom stereocenters. The average Bonchev–Trinajstić information content (AvgIpc) is 2.58. The van der Waals surface area contributed by atoms with Crippen molar-refractivity contribution in [2.75, 3.05) is 26.2 Å². The Morgan fingerprint density at radius 1 is 1.20 bits per heavy atom. The molecule has 0 saturated carbocycles. The number of amides is 2. The first-order valence-electron chi connectivity index (χ1n) is 8.08. The minimum atomic E-state index is -4.86. The zero-order valence-corrected chi connectivity index (χ0v) is 13.9. The fourth-order valence-electron chi connectivity index (χ4n) is 2.59. The lowest BCUT2D eigenvalue weighted by Crippen LogP contribution is -2.45. The minimum Gasteiger partial charge on any atom is -0.484 e. The standard InChI is InChI=1S/C17H21F3N2O3/c1-12-2-4-14(5-3-12)25-11-15(23)22-8-6-13(7-9-22)10-21-16(24)17(18,19)20/h2-5,13H,6-11H2,1H3,(H,21,24). The van der Waals surface area contributed by atoms with Crippen LogP contribution in [0.25, 0.3) is 0 Å². The molecule has 0 radical (unpaired) electrons. The summed E-state index contributed by atoms with van der Waals surface area (Å²) in [5.74, 6) is -1.52. The summed E-state index contributed by atoms with van der Waals surface area (Å²) in [5, 5.41) is 1.90. The summed E-state index contributed by atoms with van der Waals surface area (Å²) in [6.07, 6.45) is -3.76. The number of rotatable bonds is 5. The Morgan fingerprint density at radius 3 is 2.36 bits per heavy atom. The first-order chi connectivity index (χ1) is 11.8. The molecule has 5 nitrogen and oxygen atoms in total. The van der Waals surface area contributed by atoms with Gasteiger partial charge in [-0.2, -0.15) is 13.2 Å². The molecule has 0 aliphatic carbocycles. The molecule has 1 aliphatic heterocycles. The Balaban J connectivity index is 1.69. The molecule has 8 heteroatoms. The minimum absolute atomic E-state index is 0.0275. The summed E-state index contributed by atoms with van der Waals surface area (Å²) < 4.78 is 41.9. The molecule has 0 unspecified atom stereocenters. The second-order valence-electron chi connectivity index (χ2n) is 6.13. The molecule has 2 rings (SSSR count). The van der Waals surface area contributed by atoms with E-state index in [0.717, 1.165) is 5.56 Å². The van der Waals surface area contributed by atoms with E-state index in [4.69, 9.17) is 4.74 Å². The second-order valence-corrected chi connectivity index (χ2v) is 6.13. The third-order valence-electron chi connectivity index (χ3n) is 4.16. The summed E-state index contributed by atoms with van der Waals surface area (Å²) >= 11 is 0. The number of piperidine rings is 1. The number of aryl methyl sites for hydroxylation is 1. The Labute approximate surface area is 144 Å². The summed E-state index contributed by atoms with van der Waals surface area (Å²) in [4.78, 5) is 24.6. The summed E-state index contributed by atoms with van der Waals surface area (Å²) in [6, 6.07) is 7.36. The number of nitrogens with zero attached hydrogens (tertiary/aromatic N) is 1. The van der Waals surface area contributed by atoms with E-state index in [0.29, 0.717) is 31.7 Å². The van der Waals surface area contributed by atoms with Gasteiger partial charge in [0.05, 0.1) is 0 Å². The zero-order valence-electron chi connectivity index (χ0n) is 13.9. The lowest BCUT2D eigenvalue weighted by Gasteiger charge is -2.32. The molecule has 25 heavy (non-hydrogen) atoms. The predicted octanol–water partition coefficient (Wildman–Crippen LogP) is 2.29. The highest BCUT2D eigenvalue weighted by Crippen LogP contribution is 2.19. The van der Waals surface area contributed by atoms with Gasteiger partial charge in [0.15, 0.2) is 6.61 Å². The number of hydrogen-bond acceptors (Lipinski definition) is 3. The van der Waals surface area contributed by atoms with Gasteiger partial charge in [0.1, 0.15) is 5.75 Å². The molecular formula is C17H21F3N2O3. The van der Waals surface area contributed by atoms with E-state index in [-0.39, 0.29) is 25.0 Å². The molecule has 1 aromatic carbocycles. The highest BCUT2D eigenvalue weighted by atomic mass is 19.4. The van der Waals surface area contributed by atoms with E-state index in [1.807, 2.05) is 24.4 Å². The molecule has 1 heterocycles. The van der Waals surface area contributed by atoms with Crippen LogP contribution in [0, 0.1) is 12.8 Å². The number of hydrogen-bond donors (Lipinski definition) is 1. The smallest absolute Gasteiger partial charge is 0.471 e. The first-order valence-corrected chi connectivity index (χ1v) is 8.08. The first kappa shape index (κ1) is 19.1. The maximum absolute atomic E-state index is 12.1. The van der Waals surface area contributed by atoms with E-state index in [1.165, 1.54) is 0 Å². The maximum Gasteiger partial charge on any atom is 0.471 e. The van der Waals surface area contributed by atoms with Gasteiger partial charge in [0.2, 0.25) is 0 Å². The van der Waals surface area contributed by atoms with Crippen LogP contribution in [0.4, 0.5) is 13.2 Å². The molecule has 1 saturated heterocycles. The third kappa shape index (κ3) is 5.95. The van der Waals surface area contributed by atoms with Crippen molar-refractivity contribution in [3.8, 4) is 5.75 Å². The van der Waals surface area contributed by atoms with Gasteiger partial charge in [-0.15, -0.1) is 0 Å². The van der Waals surface area contributed by atoms with E-state index in [9.17, 15) is 22.8 Å². The number of benzene rings is 1. The number of carbonyl (C=O) groups is 2. The third-order valence-corrected chi connectivity index (χ3v) is 4.16. The van der Waals surface area contributed by atoms with Crippen molar-refractivity contribution in [1.29, 1.82) is 0 Å². The molecule has 0 aromatic heterocycles. The van der Waals surface area contributed by atoms with Crippen molar-refractivity contribution in [2.24, 2.45) is 5.92 Å². The zero-order chi connectivity index (χ0) is 18.4. The van der Waals surface area contributed by atoms with Crippen molar-refractivity contribution in [3.63, 3.8) is 0 Å².